The summed E-state index contributed by atoms with van der Waals surface area (Å²) >= 11 is 0. The van der Waals surface area contributed by atoms with E-state index >= 15 is 0 Å². The second-order valence-corrected chi connectivity index (χ2v) is 3.02. The Morgan fingerprint density at radius 1 is 1.71 bits per heavy atom. The molecule has 0 saturated heterocycles. The van der Waals surface area contributed by atoms with Crippen LogP contribution >= 0.6 is 0 Å². The van der Waals surface area contributed by atoms with Crippen molar-refractivity contribution in [2.75, 3.05) is 7.11 Å². The SMILES string of the molecule is COC(=O)c1ncc(C#N)c(C(F)F)c1CN. The lowest BCUT2D eigenvalue weighted by atomic mass is 10.0. The monoisotopic (exact) mass is 241 g/mol. The summed E-state index contributed by atoms with van der Waals surface area (Å²) in [5.41, 5.74) is 4.00. The molecular formula is C10H9F2N3O2. The van der Waals surface area contributed by atoms with E-state index < -0.39 is 18.0 Å². The fourth-order valence-electron chi connectivity index (χ4n) is 1.38. The molecule has 1 rings (SSSR count). The Bertz CT molecular complexity index is 483. The number of halogens is 2. The molecule has 17 heavy (non-hydrogen) atoms. The number of hydrogen-bond acceptors (Lipinski definition) is 5. The van der Waals surface area contributed by atoms with Gasteiger partial charge in [0.05, 0.1) is 12.7 Å². The largest absolute Gasteiger partial charge is 0.464 e. The van der Waals surface area contributed by atoms with Crippen LogP contribution in [0.15, 0.2) is 6.20 Å². The highest BCUT2D eigenvalue weighted by Gasteiger charge is 2.24. The fraction of sp³-hybridized carbons (Fsp3) is 0.300. The van der Waals surface area contributed by atoms with E-state index in [4.69, 9.17) is 11.0 Å². The quantitative estimate of drug-likeness (QED) is 0.801. The van der Waals surface area contributed by atoms with Crippen molar-refractivity contribution < 1.29 is 18.3 Å². The van der Waals surface area contributed by atoms with Gasteiger partial charge in [-0.25, -0.2) is 18.6 Å². The molecule has 0 aliphatic rings. The van der Waals surface area contributed by atoms with E-state index in [1.807, 2.05) is 0 Å². The molecular weight excluding hydrogens is 232 g/mol. The molecule has 0 saturated carbocycles. The molecule has 1 heterocycles. The van der Waals surface area contributed by atoms with Crippen LogP contribution < -0.4 is 5.73 Å². The van der Waals surface area contributed by atoms with E-state index in [0.717, 1.165) is 13.3 Å². The van der Waals surface area contributed by atoms with Crippen molar-refractivity contribution in [1.29, 1.82) is 5.26 Å². The molecule has 7 heteroatoms. The number of nitriles is 1. The Morgan fingerprint density at radius 2 is 2.35 bits per heavy atom. The van der Waals surface area contributed by atoms with Gasteiger partial charge in [-0.3, -0.25) is 0 Å². The molecule has 5 nitrogen and oxygen atoms in total. The lowest BCUT2D eigenvalue weighted by molar-refractivity contribution is 0.0592. The standard InChI is InChI=1S/C10H9F2N3O2/c1-17-10(16)8-6(3-14)7(9(11)12)5(2-13)4-15-8/h4,9H,3,14H2,1H3. The van der Waals surface area contributed by atoms with Crippen LogP contribution in [0.1, 0.15) is 33.6 Å². The number of nitrogens with zero attached hydrogens (tertiary/aromatic N) is 2. The van der Waals surface area contributed by atoms with E-state index in [1.54, 1.807) is 6.07 Å². The normalized spacial score (nSPS) is 10.1. The Labute approximate surface area is 95.8 Å². The van der Waals surface area contributed by atoms with Crippen molar-refractivity contribution in [3.05, 3.63) is 28.6 Å². The number of hydrogen-bond donors (Lipinski definition) is 1. The molecule has 1 aromatic heterocycles. The second-order valence-electron chi connectivity index (χ2n) is 3.02. The highest BCUT2D eigenvalue weighted by Crippen LogP contribution is 2.27. The van der Waals surface area contributed by atoms with Crippen LogP contribution in [0, 0.1) is 11.3 Å². The number of nitrogens with two attached hydrogens (primary N) is 1. The van der Waals surface area contributed by atoms with E-state index in [-0.39, 0.29) is 23.4 Å². The van der Waals surface area contributed by atoms with Gasteiger partial charge in [0.15, 0.2) is 5.69 Å². The third-order valence-corrected chi connectivity index (χ3v) is 2.15. The summed E-state index contributed by atoms with van der Waals surface area (Å²) in [7, 11) is 1.10. The molecule has 0 amide bonds. The topological polar surface area (TPSA) is 89.0 Å². The maximum absolute atomic E-state index is 12.8. The molecule has 0 aliphatic heterocycles. The van der Waals surface area contributed by atoms with Crippen LogP contribution in [0.4, 0.5) is 8.78 Å². The van der Waals surface area contributed by atoms with Gasteiger partial charge >= 0.3 is 5.97 Å². The van der Waals surface area contributed by atoms with Gasteiger partial charge in [-0.05, 0) is 0 Å². The van der Waals surface area contributed by atoms with Crippen LogP contribution in [0.5, 0.6) is 0 Å². The molecule has 0 spiro atoms. The van der Waals surface area contributed by atoms with E-state index in [9.17, 15) is 13.6 Å². The number of alkyl halides is 2. The molecule has 0 atom stereocenters. The molecule has 0 bridgehead atoms. The van der Waals surface area contributed by atoms with E-state index in [0.29, 0.717) is 0 Å². The van der Waals surface area contributed by atoms with Gasteiger partial charge < -0.3 is 10.5 Å². The molecule has 0 radical (unpaired) electrons. The van der Waals surface area contributed by atoms with Crippen LogP contribution in [0.2, 0.25) is 0 Å². The summed E-state index contributed by atoms with van der Waals surface area (Å²) < 4.78 is 30.0. The van der Waals surface area contributed by atoms with E-state index in [1.165, 1.54) is 0 Å². The predicted octanol–water partition coefficient (Wildman–Crippen LogP) is 1.14. The number of ether oxygens (including phenoxy) is 1. The van der Waals surface area contributed by atoms with Gasteiger partial charge in [0.25, 0.3) is 6.43 Å². The Hall–Kier alpha value is -2.07. The zero-order valence-electron chi connectivity index (χ0n) is 8.91. The number of methoxy groups -OCH3 is 1. The first-order valence-corrected chi connectivity index (χ1v) is 4.55. The summed E-state index contributed by atoms with van der Waals surface area (Å²) in [6.45, 7) is -0.327. The van der Waals surface area contributed by atoms with Crippen LogP contribution in [-0.2, 0) is 11.3 Å². The molecule has 2 N–H and O–H groups in total. The first-order valence-electron chi connectivity index (χ1n) is 4.55. The predicted molar refractivity (Wildman–Crippen MR) is 53.1 cm³/mol. The third kappa shape index (κ3) is 2.37. The van der Waals surface area contributed by atoms with Gasteiger partial charge in [0.2, 0.25) is 0 Å². The van der Waals surface area contributed by atoms with Gasteiger partial charge in [0.1, 0.15) is 6.07 Å². The first kappa shape index (κ1) is 13.0. The van der Waals surface area contributed by atoms with Crippen LogP contribution in [0.25, 0.3) is 0 Å². The minimum Gasteiger partial charge on any atom is -0.464 e. The lowest BCUT2D eigenvalue weighted by Gasteiger charge is -2.11. The molecule has 1 aromatic rings. The second kappa shape index (κ2) is 5.32. The van der Waals surface area contributed by atoms with Crippen molar-refractivity contribution in [2.45, 2.75) is 13.0 Å². The highest BCUT2D eigenvalue weighted by atomic mass is 19.3. The minimum atomic E-state index is -2.91. The maximum atomic E-state index is 12.8. The zero-order chi connectivity index (χ0) is 13.0. The highest BCUT2D eigenvalue weighted by molar-refractivity contribution is 5.89. The molecule has 0 unspecified atom stereocenters. The van der Waals surface area contributed by atoms with Crippen molar-refractivity contribution in [3.63, 3.8) is 0 Å². The Morgan fingerprint density at radius 3 is 2.76 bits per heavy atom. The Balaban J connectivity index is 3.53. The maximum Gasteiger partial charge on any atom is 0.356 e. The molecule has 90 valence electrons. The van der Waals surface area contributed by atoms with Gasteiger partial charge in [-0.15, -0.1) is 0 Å². The fourth-order valence-corrected chi connectivity index (χ4v) is 1.38. The number of aromatic nitrogens is 1. The Kier molecular flexibility index (Phi) is 4.06. The zero-order valence-corrected chi connectivity index (χ0v) is 8.91. The van der Waals surface area contributed by atoms with Crippen molar-refractivity contribution >= 4 is 5.97 Å². The average Bonchev–Trinajstić information content (AvgIpc) is 2.35. The number of carbonyl (C=O) groups excluding carboxylic acids is 1. The average molecular weight is 241 g/mol. The third-order valence-electron chi connectivity index (χ3n) is 2.15. The van der Waals surface area contributed by atoms with Gasteiger partial charge in [-0.1, -0.05) is 0 Å². The smallest absolute Gasteiger partial charge is 0.356 e. The van der Waals surface area contributed by atoms with E-state index in [2.05, 4.69) is 9.72 Å². The van der Waals surface area contributed by atoms with Gasteiger partial charge in [0, 0.05) is 23.9 Å². The number of rotatable bonds is 3. The summed E-state index contributed by atoms with van der Waals surface area (Å²) in [5, 5.41) is 8.69. The van der Waals surface area contributed by atoms with Crippen LogP contribution in [0.3, 0.4) is 0 Å². The summed E-state index contributed by atoms with van der Waals surface area (Å²) in [4.78, 5) is 14.9. The van der Waals surface area contributed by atoms with Crippen molar-refractivity contribution in [2.24, 2.45) is 5.73 Å². The van der Waals surface area contributed by atoms with Crippen molar-refractivity contribution in [1.82, 2.24) is 4.98 Å². The van der Waals surface area contributed by atoms with Gasteiger partial charge in [-0.2, -0.15) is 5.26 Å². The summed E-state index contributed by atoms with van der Waals surface area (Å²) in [5.74, 6) is -0.864. The lowest BCUT2D eigenvalue weighted by Crippen LogP contribution is -2.15. The molecule has 0 aliphatic carbocycles. The molecule has 0 fully saturated rings. The number of pyridine rings is 1. The van der Waals surface area contributed by atoms with Crippen LogP contribution in [-0.4, -0.2) is 18.1 Å². The first-order chi connectivity index (χ1) is 8.06. The summed E-state index contributed by atoms with van der Waals surface area (Å²) in [6, 6.07) is 1.59. The minimum absolute atomic E-state index is 0.161. The number of esters is 1. The number of carbonyl (C=O) groups is 1. The summed E-state index contributed by atoms with van der Waals surface area (Å²) in [6.07, 6.45) is -2.00. The molecule has 0 aromatic carbocycles. The van der Waals surface area contributed by atoms with Crippen molar-refractivity contribution in [3.8, 4) is 6.07 Å².